The summed E-state index contributed by atoms with van der Waals surface area (Å²) >= 11 is 0. The van der Waals surface area contributed by atoms with Crippen molar-refractivity contribution >= 4 is 28.6 Å². The van der Waals surface area contributed by atoms with Crippen LogP contribution in [0.15, 0.2) is 30.3 Å². The molecule has 128 valence electrons. The highest BCUT2D eigenvalue weighted by Gasteiger charge is 2.21. The normalized spacial score (nSPS) is 10.6. The van der Waals surface area contributed by atoms with E-state index >= 15 is 0 Å². The van der Waals surface area contributed by atoms with Crippen LogP contribution in [0.4, 0.5) is 11.8 Å². The summed E-state index contributed by atoms with van der Waals surface area (Å²) in [5.74, 6) is 0.0157. The first-order valence-electron chi connectivity index (χ1n) is 7.27. The summed E-state index contributed by atoms with van der Waals surface area (Å²) in [5.41, 5.74) is 13.1. The number of carboxylic acid groups (broad SMARTS) is 1. The van der Waals surface area contributed by atoms with Crippen LogP contribution in [-0.4, -0.2) is 35.3 Å². The smallest absolute Gasteiger partial charge is 0.336 e. The fourth-order valence-electron chi connectivity index (χ4n) is 2.73. The van der Waals surface area contributed by atoms with Gasteiger partial charge >= 0.3 is 5.97 Å². The number of ether oxygens (including phenoxy) is 2. The maximum absolute atomic E-state index is 11.8. The van der Waals surface area contributed by atoms with Crippen molar-refractivity contribution in [2.75, 3.05) is 25.7 Å². The van der Waals surface area contributed by atoms with Crippen LogP contribution in [0.3, 0.4) is 0 Å². The largest absolute Gasteiger partial charge is 0.497 e. The lowest BCUT2D eigenvalue weighted by Crippen LogP contribution is -2.06. The summed E-state index contributed by atoms with van der Waals surface area (Å²) in [4.78, 5) is 19.9. The second kappa shape index (κ2) is 6.16. The molecule has 5 N–H and O–H groups in total. The summed E-state index contributed by atoms with van der Waals surface area (Å²) < 4.78 is 10.6. The van der Waals surface area contributed by atoms with Crippen LogP contribution in [0.2, 0.25) is 0 Å². The van der Waals surface area contributed by atoms with Crippen molar-refractivity contribution in [3.63, 3.8) is 0 Å². The minimum atomic E-state index is -1.11. The van der Waals surface area contributed by atoms with Crippen LogP contribution in [0, 0.1) is 0 Å². The third kappa shape index (κ3) is 2.74. The summed E-state index contributed by atoms with van der Waals surface area (Å²) in [5, 5.41) is 10.0. The number of aromatic carboxylic acids is 1. The topological polar surface area (TPSA) is 134 Å². The van der Waals surface area contributed by atoms with Gasteiger partial charge in [-0.15, -0.1) is 0 Å². The molecule has 0 spiro atoms. The fraction of sp³-hybridized carbons (Fsp3) is 0.118. The standard InChI is InChI=1S/C17H16N4O4/c1-24-8-3-4-9(12(7-8)25-2)13-10(16(22)23)5-6-11-14(13)15(18)21-17(19)20-11/h3-7H,1-2H3,(H,22,23)(H4,18,19,20,21). The highest BCUT2D eigenvalue weighted by molar-refractivity contribution is 6.11. The second-order valence-corrected chi connectivity index (χ2v) is 5.22. The highest BCUT2D eigenvalue weighted by atomic mass is 16.5. The Hall–Kier alpha value is -3.55. The molecule has 0 unspecified atom stereocenters. The molecule has 0 amide bonds. The van der Waals surface area contributed by atoms with E-state index in [1.165, 1.54) is 20.3 Å². The number of methoxy groups -OCH3 is 2. The van der Waals surface area contributed by atoms with E-state index in [2.05, 4.69) is 9.97 Å². The summed E-state index contributed by atoms with van der Waals surface area (Å²) in [6.45, 7) is 0. The van der Waals surface area contributed by atoms with Crippen LogP contribution < -0.4 is 20.9 Å². The Bertz CT molecular complexity index is 988. The molecule has 3 rings (SSSR count). The Balaban J connectivity index is 2.45. The Morgan fingerprint density at radius 1 is 1.08 bits per heavy atom. The van der Waals surface area contributed by atoms with Gasteiger partial charge in [-0.25, -0.2) is 9.78 Å². The first kappa shape index (κ1) is 16.3. The van der Waals surface area contributed by atoms with Crippen LogP contribution in [0.1, 0.15) is 10.4 Å². The minimum absolute atomic E-state index is 0.0146. The average Bonchev–Trinajstić information content (AvgIpc) is 2.59. The molecular formula is C17H16N4O4. The zero-order valence-corrected chi connectivity index (χ0v) is 13.6. The maximum atomic E-state index is 11.8. The van der Waals surface area contributed by atoms with Gasteiger partial charge in [0, 0.05) is 17.2 Å². The average molecular weight is 340 g/mol. The van der Waals surface area contributed by atoms with E-state index in [9.17, 15) is 9.90 Å². The molecule has 8 nitrogen and oxygen atoms in total. The number of nitrogens with two attached hydrogens (primary N) is 2. The SMILES string of the molecule is COc1ccc(-c2c(C(=O)O)ccc3nc(N)nc(N)c23)c(OC)c1. The van der Waals surface area contributed by atoms with Crippen molar-refractivity contribution in [3.8, 4) is 22.6 Å². The van der Waals surface area contributed by atoms with Gasteiger partial charge in [0.2, 0.25) is 5.95 Å². The number of rotatable bonds is 4. The molecule has 2 aromatic carbocycles. The molecular weight excluding hydrogens is 324 g/mol. The molecule has 0 fully saturated rings. The Morgan fingerprint density at radius 3 is 2.48 bits per heavy atom. The molecule has 0 saturated heterocycles. The van der Waals surface area contributed by atoms with E-state index in [1.807, 2.05) is 0 Å². The van der Waals surface area contributed by atoms with Crippen LogP contribution in [0.25, 0.3) is 22.0 Å². The summed E-state index contributed by atoms with van der Waals surface area (Å²) in [6.07, 6.45) is 0. The molecule has 0 radical (unpaired) electrons. The van der Waals surface area contributed by atoms with Crippen molar-refractivity contribution in [3.05, 3.63) is 35.9 Å². The fourth-order valence-corrected chi connectivity index (χ4v) is 2.73. The van der Waals surface area contributed by atoms with Crippen molar-refractivity contribution in [2.45, 2.75) is 0 Å². The second-order valence-electron chi connectivity index (χ2n) is 5.22. The number of fused-ring (bicyclic) bond motifs is 1. The lowest BCUT2D eigenvalue weighted by atomic mass is 9.94. The third-order valence-corrected chi connectivity index (χ3v) is 3.82. The van der Waals surface area contributed by atoms with Gasteiger partial charge in [-0.05, 0) is 24.3 Å². The number of nitrogen functional groups attached to an aromatic ring is 2. The Morgan fingerprint density at radius 2 is 1.84 bits per heavy atom. The number of carbonyl (C=O) groups is 1. The van der Waals surface area contributed by atoms with Gasteiger partial charge in [0.05, 0.1) is 30.7 Å². The molecule has 1 heterocycles. The van der Waals surface area contributed by atoms with Gasteiger partial charge in [-0.3, -0.25) is 0 Å². The van der Waals surface area contributed by atoms with Crippen LogP contribution in [0.5, 0.6) is 11.5 Å². The highest BCUT2D eigenvalue weighted by Crippen LogP contribution is 2.40. The van der Waals surface area contributed by atoms with E-state index in [0.29, 0.717) is 33.5 Å². The first-order chi connectivity index (χ1) is 12.0. The van der Waals surface area contributed by atoms with Crippen molar-refractivity contribution < 1.29 is 19.4 Å². The number of benzene rings is 2. The minimum Gasteiger partial charge on any atom is -0.497 e. The van der Waals surface area contributed by atoms with E-state index < -0.39 is 5.97 Å². The summed E-state index contributed by atoms with van der Waals surface area (Å²) in [6, 6.07) is 8.07. The molecule has 8 heteroatoms. The van der Waals surface area contributed by atoms with Gasteiger partial charge in [0.25, 0.3) is 0 Å². The lowest BCUT2D eigenvalue weighted by molar-refractivity contribution is 0.0698. The molecule has 0 atom stereocenters. The Labute approximate surface area is 143 Å². The lowest BCUT2D eigenvalue weighted by Gasteiger charge is -2.16. The molecule has 25 heavy (non-hydrogen) atoms. The van der Waals surface area contributed by atoms with E-state index in [4.69, 9.17) is 20.9 Å². The van der Waals surface area contributed by atoms with Crippen molar-refractivity contribution in [1.82, 2.24) is 9.97 Å². The first-order valence-corrected chi connectivity index (χ1v) is 7.27. The number of hydrogen-bond donors (Lipinski definition) is 3. The van der Waals surface area contributed by atoms with Gasteiger partial charge in [-0.2, -0.15) is 4.98 Å². The monoisotopic (exact) mass is 340 g/mol. The van der Waals surface area contributed by atoms with Gasteiger partial charge in [0.15, 0.2) is 0 Å². The van der Waals surface area contributed by atoms with Gasteiger partial charge in [0.1, 0.15) is 17.3 Å². The van der Waals surface area contributed by atoms with Crippen LogP contribution in [-0.2, 0) is 0 Å². The zero-order chi connectivity index (χ0) is 18.1. The molecule has 0 aliphatic carbocycles. The zero-order valence-electron chi connectivity index (χ0n) is 13.6. The maximum Gasteiger partial charge on any atom is 0.336 e. The van der Waals surface area contributed by atoms with Crippen LogP contribution >= 0.6 is 0 Å². The molecule has 0 aliphatic rings. The third-order valence-electron chi connectivity index (χ3n) is 3.82. The quantitative estimate of drug-likeness (QED) is 0.658. The van der Waals surface area contributed by atoms with E-state index in [-0.39, 0.29) is 17.3 Å². The Kier molecular flexibility index (Phi) is 4.02. The predicted octanol–water partition coefficient (Wildman–Crippen LogP) is 2.18. The number of anilines is 2. The van der Waals surface area contributed by atoms with E-state index in [0.717, 1.165) is 0 Å². The number of nitrogens with zero attached hydrogens (tertiary/aromatic N) is 2. The van der Waals surface area contributed by atoms with Gasteiger partial charge in [-0.1, -0.05) is 0 Å². The van der Waals surface area contributed by atoms with Crippen molar-refractivity contribution in [1.29, 1.82) is 0 Å². The van der Waals surface area contributed by atoms with Gasteiger partial charge < -0.3 is 26.0 Å². The number of hydrogen-bond acceptors (Lipinski definition) is 7. The molecule has 0 aliphatic heterocycles. The molecule has 0 saturated carbocycles. The molecule has 0 bridgehead atoms. The summed E-state index contributed by atoms with van der Waals surface area (Å²) in [7, 11) is 3.02. The predicted molar refractivity (Wildman–Crippen MR) is 93.9 cm³/mol. The number of carboxylic acids is 1. The molecule has 3 aromatic rings. The van der Waals surface area contributed by atoms with E-state index in [1.54, 1.807) is 24.3 Å². The van der Waals surface area contributed by atoms with Crippen molar-refractivity contribution in [2.24, 2.45) is 0 Å². The number of aromatic nitrogens is 2. The molecule has 1 aromatic heterocycles.